The van der Waals surface area contributed by atoms with E-state index in [1.165, 1.54) is 0 Å². The average molecular weight is 248 g/mol. The molecule has 0 amide bonds. The molecular weight excluding hydrogens is 232 g/mol. The van der Waals surface area contributed by atoms with Crippen molar-refractivity contribution < 1.29 is 4.74 Å². The predicted molar refractivity (Wildman–Crippen MR) is 71.5 cm³/mol. The zero-order valence-electron chi connectivity index (χ0n) is 10.1. The van der Waals surface area contributed by atoms with E-state index < -0.39 is 0 Å². The van der Waals surface area contributed by atoms with Gasteiger partial charge in [0, 0.05) is 17.6 Å². The van der Waals surface area contributed by atoms with Crippen molar-refractivity contribution in [3.05, 3.63) is 40.9 Å². The molecule has 0 atom stereocenters. The van der Waals surface area contributed by atoms with Crippen molar-refractivity contribution in [2.45, 2.75) is 20.3 Å². The summed E-state index contributed by atoms with van der Waals surface area (Å²) in [6.45, 7) is 4.84. The number of hydrogen-bond acceptors (Lipinski definition) is 2. The Hall–Kier alpha value is -1.55. The lowest BCUT2D eigenvalue weighted by molar-refractivity contribution is 0.317. The number of aromatic nitrogens is 2. The Morgan fingerprint density at radius 1 is 1.29 bits per heavy atom. The van der Waals surface area contributed by atoms with Crippen LogP contribution in [0.2, 0.25) is 0 Å². The topological polar surface area (TPSA) is 29.9 Å². The largest absolute Gasteiger partial charge is 0.494 e. The van der Waals surface area contributed by atoms with Gasteiger partial charge in [-0.2, -0.15) is 0 Å². The SMILES string of the molecule is CCCOc1ccc(-n2cc(C)[nH]c2=S)cc1. The fraction of sp³-hybridized carbons (Fsp3) is 0.308. The number of aryl methyl sites for hydroxylation is 1. The molecule has 3 nitrogen and oxygen atoms in total. The average Bonchev–Trinajstić information content (AvgIpc) is 2.66. The number of hydrogen-bond donors (Lipinski definition) is 1. The zero-order chi connectivity index (χ0) is 12.3. The van der Waals surface area contributed by atoms with E-state index in [9.17, 15) is 0 Å². The van der Waals surface area contributed by atoms with Gasteiger partial charge in [-0.1, -0.05) is 6.92 Å². The fourth-order valence-corrected chi connectivity index (χ4v) is 1.95. The van der Waals surface area contributed by atoms with Gasteiger partial charge in [-0.3, -0.25) is 4.57 Å². The van der Waals surface area contributed by atoms with E-state index in [0.717, 1.165) is 30.2 Å². The molecule has 1 aromatic heterocycles. The molecule has 0 saturated carbocycles. The molecule has 0 radical (unpaired) electrons. The minimum Gasteiger partial charge on any atom is -0.494 e. The van der Waals surface area contributed by atoms with Crippen LogP contribution in [-0.4, -0.2) is 16.2 Å². The molecule has 90 valence electrons. The monoisotopic (exact) mass is 248 g/mol. The highest BCUT2D eigenvalue weighted by Gasteiger charge is 2.00. The first-order chi connectivity index (χ1) is 8.20. The molecule has 17 heavy (non-hydrogen) atoms. The molecule has 1 aromatic carbocycles. The summed E-state index contributed by atoms with van der Waals surface area (Å²) >= 11 is 5.23. The van der Waals surface area contributed by atoms with Crippen LogP contribution in [0, 0.1) is 11.7 Å². The van der Waals surface area contributed by atoms with Gasteiger partial charge in [-0.25, -0.2) is 0 Å². The number of imidazole rings is 1. The van der Waals surface area contributed by atoms with Crippen molar-refractivity contribution in [2.24, 2.45) is 0 Å². The second kappa shape index (κ2) is 5.19. The van der Waals surface area contributed by atoms with E-state index in [1.807, 2.05) is 42.0 Å². The summed E-state index contributed by atoms with van der Waals surface area (Å²) in [6, 6.07) is 7.95. The second-order valence-corrected chi connectivity index (χ2v) is 4.34. The molecule has 0 aliphatic rings. The lowest BCUT2D eigenvalue weighted by atomic mass is 10.3. The minimum absolute atomic E-state index is 0.713. The van der Waals surface area contributed by atoms with Crippen molar-refractivity contribution in [3.8, 4) is 11.4 Å². The molecule has 0 aliphatic heterocycles. The van der Waals surface area contributed by atoms with E-state index in [4.69, 9.17) is 17.0 Å². The quantitative estimate of drug-likeness (QED) is 0.837. The smallest absolute Gasteiger partial charge is 0.181 e. The molecule has 0 spiro atoms. The van der Waals surface area contributed by atoms with Crippen LogP contribution >= 0.6 is 12.2 Å². The number of H-pyrrole nitrogens is 1. The Morgan fingerprint density at radius 3 is 2.53 bits per heavy atom. The highest BCUT2D eigenvalue weighted by Crippen LogP contribution is 2.16. The second-order valence-electron chi connectivity index (χ2n) is 3.95. The fourth-order valence-electron chi connectivity index (χ4n) is 1.63. The summed E-state index contributed by atoms with van der Waals surface area (Å²) in [5.41, 5.74) is 2.10. The maximum absolute atomic E-state index is 5.54. The van der Waals surface area contributed by atoms with Crippen LogP contribution < -0.4 is 4.74 Å². The highest BCUT2D eigenvalue weighted by molar-refractivity contribution is 7.71. The van der Waals surface area contributed by atoms with Crippen LogP contribution in [-0.2, 0) is 0 Å². The van der Waals surface area contributed by atoms with Crippen molar-refractivity contribution >= 4 is 12.2 Å². The summed E-state index contributed by atoms with van der Waals surface area (Å²) in [5.74, 6) is 0.898. The Morgan fingerprint density at radius 2 is 2.00 bits per heavy atom. The number of benzene rings is 1. The van der Waals surface area contributed by atoms with Crippen LogP contribution in [0.25, 0.3) is 5.69 Å². The van der Waals surface area contributed by atoms with Gasteiger partial charge in [-0.05, 0) is 49.8 Å². The minimum atomic E-state index is 0.713. The summed E-state index contributed by atoms with van der Waals surface area (Å²) in [7, 11) is 0. The number of nitrogens with one attached hydrogen (secondary N) is 1. The third-order valence-corrected chi connectivity index (χ3v) is 2.73. The van der Waals surface area contributed by atoms with E-state index in [1.54, 1.807) is 0 Å². The molecule has 0 fully saturated rings. The highest BCUT2D eigenvalue weighted by atomic mass is 32.1. The molecule has 1 heterocycles. The molecule has 0 aliphatic carbocycles. The third-order valence-electron chi connectivity index (χ3n) is 2.43. The zero-order valence-corrected chi connectivity index (χ0v) is 10.9. The molecule has 1 N–H and O–H groups in total. The summed E-state index contributed by atoms with van der Waals surface area (Å²) in [5, 5.41) is 0. The van der Waals surface area contributed by atoms with Gasteiger partial charge in [0.1, 0.15) is 5.75 Å². The number of ether oxygens (including phenoxy) is 1. The lowest BCUT2D eigenvalue weighted by Gasteiger charge is -2.06. The van der Waals surface area contributed by atoms with Gasteiger partial charge >= 0.3 is 0 Å². The van der Waals surface area contributed by atoms with Gasteiger partial charge in [0.2, 0.25) is 0 Å². The molecular formula is C13H16N2OS. The molecule has 2 aromatic rings. The summed E-state index contributed by atoms with van der Waals surface area (Å²) < 4.78 is 8.20. The maximum Gasteiger partial charge on any atom is 0.181 e. The Bertz CT molecular complexity index is 539. The Labute approximate surface area is 106 Å². The van der Waals surface area contributed by atoms with Crippen LogP contribution in [0.1, 0.15) is 19.0 Å². The summed E-state index contributed by atoms with van der Waals surface area (Å²) in [6.07, 6.45) is 3.01. The first-order valence-electron chi connectivity index (χ1n) is 5.72. The first kappa shape index (κ1) is 11.9. The van der Waals surface area contributed by atoms with Crippen LogP contribution in [0.4, 0.5) is 0 Å². The van der Waals surface area contributed by atoms with Crippen LogP contribution in [0.15, 0.2) is 30.5 Å². The predicted octanol–water partition coefficient (Wildman–Crippen LogP) is 3.63. The van der Waals surface area contributed by atoms with Crippen LogP contribution in [0.5, 0.6) is 5.75 Å². The van der Waals surface area contributed by atoms with Crippen molar-refractivity contribution in [1.29, 1.82) is 0 Å². The van der Waals surface area contributed by atoms with Gasteiger partial charge in [-0.15, -0.1) is 0 Å². The van der Waals surface area contributed by atoms with E-state index >= 15 is 0 Å². The van der Waals surface area contributed by atoms with Gasteiger partial charge in [0.15, 0.2) is 4.77 Å². The van der Waals surface area contributed by atoms with Crippen molar-refractivity contribution in [3.63, 3.8) is 0 Å². The van der Waals surface area contributed by atoms with Gasteiger partial charge in [0.05, 0.1) is 6.61 Å². The van der Waals surface area contributed by atoms with E-state index in [-0.39, 0.29) is 0 Å². The maximum atomic E-state index is 5.54. The Balaban J connectivity index is 2.23. The normalized spacial score (nSPS) is 10.5. The lowest BCUT2D eigenvalue weighted by Crippen LogP contribution is -1.96. The first-order valence-corrected chi connectivity index (χ1v) is 6.13. The molecule has 4 heteroatoms. The van der Waals surface area contributed by atoms with Gasteiger partial charge < -0.3 is 9.72 Å². The molecule has 2 rings (SSSR count). The molecule has 0 bridgehead atoms. The van der Waals surface area contributed by atoms with Crippen LogP contribution in [0.3, 0.4) is 0 Å². The standard InChI is InChI=1S/C13H16N2OS/c1-3-8-16-12-6-4-11(5-7-12)15-9-10(2)14-13(15)17/h4-7,9H,3,8H2,1-2H3,(H,14,17). The summed E-state index contributed by atoms with van der Waals surface area (Å²) in [4.78, 5) is 3.10. The Kier molecular flexibility index (Phi) is 3.64. The number of aromatic amines is 1. The van der Waals surface area contributed by atoms with E-state index in [2.05, 4.69) is 11.9 Å². The third kappa shape index (κ3) is 2.77. The molecule has 0 saturated heterocycles. The number of nitrogens with zero attached hydrogens (tertiary/aromatic N) is 1. The van der Waals surface area contributed by atoms with E-state index in [0.29, 0.717) is 4.77 Å². The number of rotatable bonds is 4. The van der Waals surface area contributed by atoms with Crippen molar-refractivity contribution in [2.75, 3.05) is 6.61 Å². The van der Waals surface area contributed by atoms with Gasteiger partial charge in [0.25, 0.3) is 0 Å². The molecule has 0 unspecified atom stereocenters. The van der Waals surface area contributed by atoms with Crippen molar-refractivity contribution in [1.82, 2.24) is 9.55 Å².